The zero-order chi connectivity index (χ0) is 13.5. The van der Waals surface area contributed by atoms with Gasteiger partial charge in [0.25, 0.3) is 0 Å². The molecule has 0 atom stereocenters. The van der Waals surface area contributed by atoms with Gasteiger partial charge in [-0.3, -0.25) is 0 Å². The topological polar surface area (TPSA) is 38.9 Å². The number of hydrogen-bond acceptors (Lipinski definition) is 3. The zero-order valence-corrected chi connectivity index (χ0v) is 12.4. The van der Waals surface area contributed by atoms with E-state index in [0.29, 0.717) is 11.3 Å². The fraction of sp³-hybridized carbons (Fsp3) is 0.357. The highest BCUT2D eigenvalue weighted by molar-refractivity contribution is 7.10. The summed E-state index contributed by atoms with van der Waals surface area (Å²) in [6, 6.07) is 3.54. The minimum absolute atomic E-state index is 0. The first-order chi connectivity index (χ1) is 9.08. The van der Waals surface area contributed by atoms with Crippen LogP contribution in [0.3, 0.4) is 0 Å². The maximum absolute atomic E-state index is 13.7. The minimum Gasteiger partial charge on any atom is -0.319 e. The van der Waals surface area contributed by atoms with E-state index in [1.165, 1.54) is 23.5 Å². The van der Waals surface area contributed by atoms with Gasteiger partial charge in [0.05, 0.1) is 11.2 Å². The van der Waals surface area contributed by atoms with Crippen LogP contribution in [-0.4, -0.2) is 4.98 Å². The lowest BCUT2D eigenvalue weighted by molar-refractivity contribution is 0.459. The second-order valence-electron chi connectivity index (χ2n) is 5.03. The molecule has 0 aliphatic heterocycles. The number of aromatic nitrogens is 1. The van der Waals surface area contributed by atoms with Crippen LogP contribution >= 0.6 is 23.7 Å². The van der Waals surface area contributed by atoms with Crippen molar-refractivity contribution in [1.82, 2.24) is 4.98 Å². The van der Waals surface area contributed by atoms with Crippen molar-refractivity contribution in [1.29, 1.82) is 0 Å². The fourth-order valence-corrected chi connectivity index (χ4v) is 3.54. The molecule has 3 rings (SSSR count). The Kier molecular flexibility index (Phi) is 4.42. The average Bonchev–Trinajstić information content (AvgIpc) is 2.99. The van der Waals surface area contributed by atoms with E-state index in [0.717, 1.165) is 36.8 Å². The third-order valence-electron chi connectivity index (χ3n) is 3.63. The Balaban J connectivity index is 0.00000147. The van der Waals surface area contributed by atoms with Gasteiger partial charge >= 0.3 is 0 Å². The molecule has 1 aliphatic carbocycles. The maximum Gasteiger partial charge on any atom is 0.135 e. The molecule has 2 N–H and O–H groups in total. The van der Waals surface area contributed by atoms with Crippen molar-refractivity contribution < 1.29 is 8.78 Å². The van der Waals surface area contributed by atoms with Crippen LogP contribution in [0.15, 0.2) is 23.6 Å². The first-order valence-electron chi connectivity index (χ1n) is 6.29. The van der Waals surface area contributed by atoms with Crippen LogP contribution in [0.4, 0.5) is 8.78 Å². The number of nitrogens with zero attached hydrogens (tertiary/aromatic N) is 1. The molecule has 1 aromatic heterocycles. The van der Waals surface area contributed by atoms with Crippen molar-refractivity contribution in [2.24, 2.45) is 5.73 Å². The molecule has 0 spiro atoms. The molecule has 0 radical (unpaired) electrons. The molecule has 1 saturated carbocycles. The van der Waals surface area contributed by atoms with Crippen molar-refractivity contribution in [2.75, 3.05) is 0 Å². The van der Waals surface area contributed by atoms with Gasteiger partial charge in [0.1, 0.15) is 16.6 Å². The van der Waals surface area contributed by atoms with Crippen molar-refractivity contribution in [3.8, 4) is 11.3 Å². The molecule has 2 aromatic rings. The molecule has 0 amide bonds. The Bertz CT molecular complexity index is 609. The van der Waals surface area contributed by atoms with Crippen LogP contribution in [0, 0.1) is 11.6 Å². The van der Waals surface area contributed by atoms with Crippen molar-refractivity contribution in [3.05, 3.63) is 40.2 Å². The first kappa shape index (κ1) is 15.4. The van der Waals surface area contributed by atoms with Gasteiger partial charge in [-0.15, -0.1) is 23.7 Å². The number of rotatable bonds is 2. The van der Waals surface area contributed by atoms with Gasteiger partial charge < -0.3 is 5.73 Å². The normalized spacial score (nSPS) is 16.9. The summed E-state index contributed by atoms with van der Waals surface area (Å²) in [5.74, 6) is -1.17. The van der Waals surface area contributed by atoms with Crippen molar-refractivity contribution >= 4 is 23.7 Å². The van der Waals surface area contributed by atoms with E-state index in [1.54, 1.807) is 5.38 Å². The highest BCUT2D eigenvalue weighted by Crippen LogP contribution is 2.39. The number of hydrogen-bond donors (Lipinski definition) is 1. The van der Waals surface area contributed by atoms with Gasteiger partial charge in [-0.1, -0.05) is 12.8 Å². The molecule has 0 bridgehead atoms. The second-order valence-corrected chi connectivity index (χ2v) is 5.88. The van der Waals surface area contributed by atoms with Crippen LogP contribution in [0.1, 0.15) is 30.7 Å². The quantitative estimate of drug-likeness (QED) is 0.900. The molecule has 1 aliphatic rings. The van der Waals surface area contributed by atoms with E-state index in [1.807, 2.05) is 0 Å². The summed E-state index contributed by atoms with van der Waals surface area (Å²) in [5.41, 5.74) is 6.83. The molecular formula is C14H15ClF2N2S. The molecule has 2 nitrogen and oxygen atoms in total. The smallest absolute Gasteiger partial charge is 0.135 e. The predicted octanol–water partition coefficient (Wildman–Crippen LogP) is 4.24. The van der Waals surface area contributed by atoms with E-state index in [4.69, 9.17) is 5.73 Å². The van der Waals surface area contributed by atoms with E-state index in [-0.39, 0.29) is 17.9 Å². The first-order valence-corrected chi connectivity index (χ1v) is 7.17. The third-order valence-corrected chi connectivity index (χ3v) is 4.70. The lowest BCUT2D eigenvalue weighted by Gasteiger charge is -2.19. The summed E-state index contributed by atoms with van der Waals surface area (Å²) in [4.78, 5) is 4.46. The molecule has 20 heavy (non-hydrogen) atoms. The van der Waals surface area contributed by atoms with Gasteiger partial charge in [-0.25, -0.2) is 13.8 Å². The van der Waals surface area contributed by atoms with E-state index >= 15 is 0 Å². The van der Waals surface area contributed by atoms with E-state index < -0.39 is 11.6 Å². The molecule has 6 heteroatoms. The van der Waals surface area contributed by atoms with Gasteiger partial charge in [0.15, 0.2) is 0 Å². The largest absolute Gasteiger partial charge is 0.319 e. The van der Waals surface area contributed by atoms with Gasteiger partial charge in [-0.2, -0.15) is 0 Å². The fourth-order valence-electron chi connectivity index (χ4n) is 2.54. The lowest BCUT2D eigenvalue weighted by Crippen LogP contribution is -2.32. The summed E-state index contributed by atoms with van der Waals surface area (Å²) >= 11 is 1.46. The Morgan fingerprint density at radius 2 is 1.90 bits per heavy atom. The van der Waals surface area contributed by atoms with Crippen LogP contribution in [-0.2, 0) is 5.54 Å². The van der Waals surface area contributed by atoms with Crippen molar-refractivity contribution in [3.63, 3.8) is 0 Å². The number of benzene rings is 1. The SMILES string of the molecule is Cl.NC1(c2nc(-c3ccc(F)cc3F)cs2)CCCC1. The Hall–Kier alpha value is -1.04. The van der Waals surface area contributed by atoms with Crippen molar-refractivity contribution in [2.45, 2.75) is 31.2 Å². The summed E-state index contributed by atoms with van der Waals surface area (Å²) in [7, 11) is 0. The third kappa shape index (κ3) is 2.71. The molecule has 1 aromatic carbocycles. The summed E-state index contributed by atoms with van der Waals surface area (Å²) in [5, 5.41) is 2.64. The van der Waals surface area contributed by atoms with Gasteiger partial charge in [0.2, 0.25) is 0 Å². The molecule has 1 fully saturated rings. The molecule has 108 valence electrons. The van der Waals surface area contributed by atoms with Gasteiger partial charge in [-0.05, 0) is 25.0 Å². The number of nitrogens with two attached hydrogens (primary N) is 1. The van der Waals surface area contributed by atoms with Crippen LogP contribution in [0.2, 0.25) is 0 Å². The minimum atomic E-state index is -0.589. The average molecular weight is 317 g/mol. The van der Waals surface area contributed by atoms with E-state index in [2.05, 4.69) is 4.98 Å². The standard InChI is InChI=1S/C14H14F2N2S.ClH/c15-9-3-4-10(11(16)7-9)12-8-19-13(18-12)14(17)5-1-2-6-14;/h3-4,7-8H,1-2,5-6,17H2;1H. The molecular weight excluding hydrogens is 302 g/mol. The maximum atomic E-state index is 13.7. The Labute approximate surface area is 126 Å². The second kappa shape index (κ2) is 5.76. The highest BCUT2D eigenvalue weighted by Gasteiger charge is 2.34. The molecule has 0 unspecified atom stereocenters. The number of halogens is 3. The lowest BCUT2D eigenvalue weighted by atomic mass is 10.0. The predicted molar refractivity (Wildman–Crippen MR) is 79.0 cm³/mol. The highest BCUT2D eigenvalue weighted by atomic mass is 35.5. The van der Waals surface area contributed by atoms with Crippen LogP contribution in [0.5, 0.6) is 0 Å². The summed E-state index contributed by atoms with van der Waals surface area (Å²) in [6.07, 6.45) is 4.06. The molecule has 1 heterocycles. The Morgan fingerprint density at radius 1 is 1.20 bits per heavy atom. The number of thiazole rings is 1. The van der Waals surface area contributed by atoms with E-state index in [9.17, 15) is 8.78 Å². The van der Waals surface area contributed by atoms with Crippen LogP contribution in [0.25, 0.3) is 11.3 Å². The zero-order valence-electron chi connectivity index (χ0n) is 10.7. The van der Waals surface area contributed by atoms with Crippen LogP contribution < -0.4 is 5.73 Å². The molecule has 0 saturated heterocycles. The summed E-state index contributed by atoms with van der Waals surface area (Å²) in [6.45, 7) is 0. The monoisotopic (exact) mass is 316 g/mol. The summed E-state index contributed by atoms with van der Waals surface area (Å²) < 4.78 is 26.6. The van der Waals surface area contributed by atoms with Gasteiger partial charge in [0, 0.05) is 17.0 Å². The Morgan fingerprint density at radius 3 is 2.55 bits per heavy atom.